The molecule has 4 atom stereocenters. The van der Waals surface area contributed by atoms with Crippen molar-refractivity contribution < 1.29 is 24.5 Å². The standard InChI is InChI=1S/C13H19N3O7/c1-14-8(18)3-5-22-11-10(20)7(6-17)23-12(11)16-4-2-9(19)15-13(16)21/h2,4,7,10-12,17,20H,3,5-6H2,1H3,(H,14,18)(H,15,19,21)/t7-,10+,11?,12-/m1/s1. The summed E-state index contributed by atoms with van der Waals surface area (Å²) in [7, 11) is 1.49. The molecule has 1 unspecified atom stereocenters. The second kappa shape index (κ2) is 7.51. The van der Waals surface area contributed by atoms with Gasteiger partial charge in [-0.3, -0.25) is 19.1 Å². The number of rotatable bonds is 6. The Hall–Kier alpha value is -2.01. The van der Waals surface area contributed by atoms with Crippen molar-refractivity contribution in [2.24, 2.45) is 0 Å². The van der Waals surface area contributed by atoms with Gasteiger partial charge in [0.2, 0.25) is 5.91 Å². The quantitative estimate of drug-likeness (QED) is 0.445. The number of hydrogen-bond acceptors (Lipinski definition) is 7. The highest BCUT2D eigenvalue weighted by atomic mass is 16.6. The molecule has 1 aliphatic rings. The Labute approximate surface area is 130 Å². The first-order chi connectivity index (χ1) is 11.0. The molecule has 1 amide bonds. The third-order valence-corrected chi connectivity index (χ3v) is 3.54. The SMILES string of the molecule is CNC(=O)CCOC1[C@@H](O)[C@@H](CO)O[C@H]1n1ccc(=O)[nH]c1=O. The van der Waals surface area contributed by atoms with E-state index in [0.717, 1.165) is 10.6 Å². The van der Waals surface area contributed by atoms with E-state index in [1.54, 1.807) is 0 Å². The van der Waals surface area contributed by atoms with Crippen LogP contribution in [0.5, 0.6) is 0 Å². The summed E-state index contributed by atoms with van der Waals surface area (Å²) in [4.78, 5) is 36.3. The summed E-state index contributed by atoms with van der Waals surface area (Å²) < 4.78 is 12.0. The highest BCUT2D eigenvalue weighted by Gasteiger charge is 2.45. The zero-order chi connectivity index (χ0) is 17.0. The van der Waals surface area contributed by atoms with Gasteiger partial charge in [-0.1, -0.05) is 0 Å². The number of nitrogens with zero attached hydrogens (tertiary/aromatic N) is 1. The molecule has 2 rings (SSSR count). The Morgan fingerprint density at radius 3 is 2.87 bits per heavy atom. The molecule has 1 aromatic rings. The minimum atomic E-state index is -1.19. The third-order valence-electron chi connectivity index (χ3n) is 3.54. The fourth-order valence-corrected chi connectivity index (χ4v) is 2.31. The van der Waals surface area contributed by atoms with E-state index >= 15 is 0 Å². The molecule has 0 radical (unpaired) electrons. The highest BCUT2D eigenvalue weighted by Crippen LogP contribution is 2.30. The molecule has 0 aromatic carbocycles. The van der Waals surface area contributed by atoms with Gasteiger partial charge in [-0.25, -0.2) is 4.79 Å². The van der Waals surface area contributed by atoms with Crippen LogP contribution in [0, 0.1) is 0 Å². The van der Waals surface area contributed by atoms with Crippen LogP contribution in [0.2, 0.25) is 0 Å². The van der Waals surface area contributed by atoms with Gasteiger partial charge >= 0.3 is 5.69 Å². The summed E-state index contributed by atoms with van der Waals surface area (Å²) in [5.41, 5.74) is -1.30. The Bertz CT molecular complexity index is 655. The molecule has 1 aromatic heterocycles. The number of ether oxygens (including phenoxy) is 2. The highest BCUT2D eigenvalue weighted by molar-refractivity contribution is 5.75. The first-order valence-corrected chi connectivity index (χ1v) is 7.06. The van der Waals surface area contributed by atoms with Crippen LogP contribution in [0.25, 0.3) is 0 Å². The van der Waals surface area contributed by atoms with Crippen molar-refractivity contribution in [3.8, 4) is 0 Å². The summed E-state index contributed by atoms with van der Waals surface area (Å²) in [6.45, 7) is -0.470. The van der Waals surface area contributed by atoms with Gasteiger partial charge in [0.1, 0.15) is 18.3 Å². The van der Waals surface area contributed by atoms with E-state index in [0.29, 0.717) is 0 Å². The van der Waals surface area contributed by atoms with E-state index < -0.39 is 42.4 Å². The van der Waals surface area contributed by atoms with Crippen molar-refractivity contribution >= 4 is 5.91 Å². The normalized spacial score (nSPS) is 27.1. The van der Waals surface area contributed by atoms with Crippen LogP contribution in [-0.2, 0) is 14.3 Å². The predicted octanol–water partition coefficient (Wildman–Crippen LogP) is -2.69. The van der Waals surface area contributed by atoms with Crippen LogP contribution in [0.15, 0.2) is 21.9 Å². The molecular weight excluding hydrogens is 310 g/mol. The molecule has 0 spiro atoms. The van der Waals surface area contributed by atoms with E-state index in [1.165, 1.54) is 13.2 Å². The molecule has 1 fully saturated rings. The van der Waals surface area contributed by atoms with Gasteiger partial charge in [0.15, 0.2) is 6.23 Å². The van der Waals surface area contributed by atoms with E-state index in [-0.39, 0.29) is 18.9 Å². The monoisotopic (exact) mass is 329 g/mol. The smallest absolute Gasteiger partial charge is 0.330 e. The molecule has 0 aliphatic carbocycles. The molecule has 10 nitrogen and oxygen atoms in total. The Kier molecular flexibility index (Phi) is 5.66. The molecule has 0 saturated carbocycles. The lowest BCUT2D eigenvalue weighted by Gasteiger charge is -2.22. The lowest BCUT2D eigenvalue weighted by atomic mass is 10.1. The van der Waals surface area contributed by atoms with Gasteiger partial charge in [0.05, 0.1) is 13.2 Å². The van der Waals surface area contributed by atoms with Crippen molar-refractivity contribution in [2.45, 2.75) is 31.0 Å². The summed E-state index contributed by atoms with van der Waals surface area (Å²) in [5, 5.41) is 21.8. The molecule has 23 heavy (non-hydrogen) atoms. The zero-order valence-electron chi connectivity index (χ0n) is 12.5. The minimum absolute atomic E-state index is 0.00247. The number of H-pyrrole nitrogens is 1. The van der Waals surface area contributed by atoms with Crippen LogP contribution in [-0.4, -0.2) is 64.2 Å². The number of nitrogens with one attached hydrogen (secondary N) is 2. The third kappa shape index (κ3) is 3.85. The first kappa shape index (κ1) is 17.3. The number of aliphatic hydroxyl groups is 2. The summed E-state index contributed by atoms with van der Waals surface area (Å²) >= 11 is 0. The van der Waals surface area contributed by atoms with Gasteiger partial charge in [0.25, 0.3) is 5.56 Å². The van der Waals surface area contributed by atoms with Crippen molar-refractivity contribution in [3.05, 3.63) is 33.1 Å². The predicted molar refractivity (Wildman–Crippen MR) is 76.7 cm³/mol. The lowest BCUT2D eigenvalue weighted by molar-refractivity contribution is -0.124. The van der Waals surface area contributed by atoms with Gasteiger partial charge in [-0.2, -0.15) is 0 Å². The molecule has 1 aliphatic heterocycles. The van der Waals surface area contributed by atoms with E-state index in [9.17, 15) is 24.6 Å². The fourth-order valence-electron chi connectivity index (χ4n) is 2.31. The average Bonchev–Trinajstić information content (AvgIpc) is 2.83. The number of aromatic nitrogens is 2. The maximum Gasteiger partial charge on any atom is 0.330 e. The zero-order valence-corrected chi connectivity index (χ0v) is 12.5. The van der Waals surface area contributed by atoms with Crippen molar-refractivity contribution in [2.75, 3.05) is 20.3 Å². The minimum Gasteiger partial charge on any atom is -0.394 e. The Morgan fingerprint density at radius 1 is 1.52 bits per heavy atom. The van der Waals surface area contributed by atoms with Gasteiger partial charge in [0, 0.05) is 25.7 Å². The number of carbonyl (C=O) groups is 1. The van der Waals surface area contributed by atoms with E-state index in [1.807, 2.05) is 0 Å². The molecule has 1 saturated heterocycles. The second-order valence-corrected chi connectivity index (χ2v) is 5.01. The molecule has 2 heterocycles. The van der Waals surface area contributed by atoms with E-state index in [4.69, 9.17) is 9.47 Å². The molecular formula is C13H19N3O7. The van der Waals surface area contributed by atoms with Crippen LogP contribution < -0.4 is 16.6 Å². The number of aliphatic hydroxyl groups excluding tert-OH is 2. The number of amides is 1. The maximum absolute atomic E-state index is 11.9. The second-order valence-electron chi connectivity index (χ2n) is 5.01. The van der Waals surface area contributed by atoms with Gasteiger partial charge in [-0.05, 0) is 0 Å². The Morgan fingerprint density at radius 2 is 2.26 bits per heavy atom. The number of aromatic amines is 1. The first-order valence-electron chi connectivity index (χ1n) is 7.06. The van der Waals surface area contributed by atoms with E-state index in [2.05, 4.69) is 10.3 Å². The molecule has 128 valence electrons. The number of carbonyl (C=O) groups excluding carboxylic acids is 1. The van der Waals surface area contributed by atoms with Crippen molar-refractivity contribution in [1.29, 1.82) is 0 Å². The Balaban J connectivity index is 2.18. The van der Waals surface area contributed by atoms with Crippen LogP contribution in [0.4, 0.5) is 0 Å². The topological polar surface area (TPSA) is 143 Å². The average molecular weight is 329 g/mol. The largest absolute Gasteiger partial charge is 0.394 e. The van der Waals surface area contributed by atoms with Gasteiger partial charge in [-0.15, -0.1) is 0 Å². The summed E-state index contributed by atoms with van der Waals surface area (Å²) in [6.07, 6.45) is -2.85. The van der Waals surface area contributed by atoms with Crippen LogP contribution in [0.3, 0.4) is 0 Å². The molecule has 10 heteroatoms. The van der Waals surface area contributed by atoms with Crippen molar-refractivity contribution in [1.82, 2.24) is 14.9 Å². The molecule has 0 bridgehead atoms. The number of hydrogen-bond donors (Lipinski definition) is 4. The lowest BCUT2D eigenvalue weighted by Crippen LogP contribution is -2.39. The molecule has 4 N–H and O–H groups in total. The van der Waals surface area contributed by atoms with Crippen LogP contribution >= 0.6 is 0 Å². The summed E-state index contributed by atoms with van der Waals surface area (Å²) in [5.74, 6) is -0.241. The van der Waals surface area contributed by atoms with Crippen LogP contribution in [0.1, 0.15) is 12.6 Å². The van der Waals surface area contributed by atoms with Gasteiger partial charge < -0.3 is 25.0 Å². The fraction of sp³-hybridized carbons (Fsp3) is 0.615. The van der Waals surface area contributed by atoms with Crippen molar-refractivity contribution in [3.63, 3.8) is 0 Å². The maximum atomic E-state index is 11.9. The summed E-state index contributed by atoms with van der Waals surface area (Å²) in [6, 6.07) is 1.13.